The first-order chi connectivity index (χ1) is 16.5. The summed E-state index contributed by atoms with van der Waals surface area (Å²) in [5.74, 6) is -0.0745. The largest absolute Gasteiger partial charge is 0.494 e. The van der Waals surface area contributed by atoms with Crippen LogP contribution in [-0.4, -0.2) is 61.0 Å². The lowest BCUT2D eigenvalue weighted by molar-refractivity contribution is -0.131. The molecule has 3 aliphatic rings. The van der Waals surface area contributed by atoms with Crippen LogP contribution < -0.4 is 20.7 Å². The maximum Gasteiger partial charge on any atom is 0.408 e. The van der Waals surface area contributed by atoms with Crippen molar-refractivity contribution in [2.45, 2.75) is 90.1 Å². The van der Waals surface area contributed by atoms with Crippen LogP contribution in [-0.2, 0) is 25.5 Å². The Bertz CT molecular complexity index is 876. The van der Waals surface area contributed by atoms with Gasteiger partial charge in [-0.1, -0.05) is 26.0 Å². The Hall–Kier alpha value is -2.81. The lowest BCUT2D eigenvalue weighted by atomic mass is 9.99. The second-order valence-corrected chi connectivity index (χ2v) is 10.6. The van der Waals surface area contributed by atoms with E-state index < -0.39 is 29.7 Å². The van der Waals surface area contributed by atoms with E-state index in [1.54, 1.807) is 20.8 Å². The Morgan fingerprint density at radius 2 is 1.77 bits per heavy atom. The molecule has 194 valence electrons. The number of ether oxygens (including phenoxy) is 3. The number of rotatable bonds is 3. The normalized spacial score (nSPS) is 26.2. The Labute approximate surface area is 207 Å². The van der Waals surface area contributed by atoms with Crippen LogP contribution in [0.4, 0.5) is 4.79 Å². The van der Waals surface area contributed by atoms with Gasteiger partial charge in [-0.05, 0) is 70.1 Å². The van der Waals surface area contributed by atoms with Crippen molar-refractivity contribution in [3.05, 3.63) is 29.8 Å². The van der Waals surface area contributed by atoms with Gasteiger partial charge in [-0.25, -0.2) is 4.79 Å². The first kappa shape index (κ1) is 26.8. The Morgan fingerprint density at radius 1 is 1.09 bits per heavy atom. The third-order valence-corrected chi connectivity index (χ3v) is 5.92. The van der Waals surface area contributed by atoms with Gasteiger partial charge in [0, 0.05) is 0 Å². The number of hydrogen-bond acceptors (Lipinski definition) is 6. The molecule has 0 spiro atoms. The van der Waals surface area contributed by atoms with Crippen molar-refractivity contribution in [1.29, 1.82) is 0 Å². The van der Waals surface area contributed by atoms with Gasteiger partial charge in [0.1, 0.15) is 29.5 Å². The molecule has 35 heavy (non-hydrogen) atoms. The van der Waals surface area contributed by atoms with E-state index in [-0.39, 0.29) is 24.0 Å². The van der Waals surface area contributed by atoms with Crippen molar-refractivity contribution >= 4 is 17.9 Å². The summed E-state index contributed by atoms with van der Waals surface area (Å²) >= 11 is 0. The Balaban J connectivity index is 1.79. The standard InChI is InChI=1S/C26H39N3O6/c1-16(2)22-24(31)27-20(21-15-34-21)14-17-9-11-18(12-10-17)33-13-7-6-8-19(23(30)29-22)28-25(32)35-26(3,4)5/h9-12,16,19-22H,6-8,13-15H2,1-5H3,(H,27,31)(H,28,32)(H,29,30)/t19-,20-,21+,22-/m0/s1. The minimum absolute atomic E-state index is 0.0537. The molecular weight excluding hydrogens is 450 g/mol. The quantitative estimate of drug-likeness (QED) is 0.562. The molecule has 9 heteroatoms. The molecule has 4 rings (SSSR count). The van der Waals surface area contributed by atoms with E-state index in [2.05, 4.69) is 16.0 Å². The highest BCUT2D eigenvalue weighted by molar-refractivity contribution is 5.91. The van der Waals surface area contributed by atoms with Crippen molar-refractivity contribution in [2.24, 2.45) is 5.92 Å². The number of benzene rings is 1. The molecule has 4 atom stereocenters. The summed E-state index contributed by atoms with van der Waals surface area (Å²) < 4.78 is 16.7. The molecule has 3 N–H and O–H groups in total. The molecule has 1 aromatic rings. The van der Waals surface area contributed by atoms with Gasteiger partial charge in [-0.15, -0.1) is 0 Å². The summed E-state index contributed by atoms with van der Waals surface area (Å²) in [6, 6.07) is 6.04. The molecule has 1 saturated heterocycles. The molecule has 3 aliphatic heterocycles. The zero-order valence-corrected chi connectivity index (χ0v) is 21.4. The minimum Gasteiger partial charge on any atom is -0.494 e. The molecule has 9 nitrogen and oxygen atoms in total. The third kappa shape index (κ3) is 8.72. The fraction of sp³-hybridized carbons (Fsp3) is 0.654. The highest BCUT2D eigenvalue weighted by Gasteiger charge is 2.37. The topological polar surface area (TPSA) is 118 Å². The Morgan fingerprint density at radius 3 is 2.37 bits per heavy atom. The van der Waals surface area contributed by atoms with Crippen LogP contribution in [0.2, 0.25) is 0 Å². The maximum atomic E-state index is 13.3. The zero-order chi connectivity index (χ0) is 25.6. The van der Waals surface area contributed by atoms with Crippen LogP contribution in [0, 0.1) is 5.92 Å². The third-order valence-electron chi connectivity index (χ3n) is 5.92. The minimum atomic E-state index is -0.837. The van der Waals surface area contributed by atoms with Gasteiger partial charge in [0.15, 0.2) is 0 Å². The zero-order valence-electron chi connectivity index (χ0n) is 21.4. The van der Waals surface area contributed by atoms with Gasteiger partial charge in [0.2, 0.25) is 11.8 Å². The van der Waals surface area contributed by atoms with Gasteiger partial charge < -0.3 is 30.2 Å². The molecule has 0 aromatic heterocycles. The maximum absolute atomic E-state index is 13.3. The second kappa shape index (κ2) is 11.7. The van der Waals surface area contributed by atoms with Gasteiger partial charge in [0.25, 0.3) is 0 Å². The second-order valence-electron chi connectivity index (χ2n) is 10.6. The molecule has 3 heterocycles. The average Bonchev–Trinajstić information content (AvgIpc) is 3.60. The number of epoxide rings is 1. The summed E-state index contributed by atoms with van der Waals surface area (Å²) in [6.07, 6.45) is 1.62. The van der Waals surface area contributed by atoms with Gasteiger partial charge in [-0.3, -0.25) is 9.59 Å². The van der Waals surface area contributed by atoms with Gasteiger partial charge >= 0.3 is 6.09 Å². The molecule has 0 radical (unpaired) electrons. The Kier molecular flexibility index (Phi) is 8.99. The lowest BCUT2D eigenvalue weighted by Gasteiger charge is -2.28. The van der Waals surface area contributed by atoms with Crippen LogP contribution in [0.15, 0.2) is 24.3 Å². The van der Waals surface area contributed by atoms with Crippen LogP contribution in [0.5, 0.6) is 5.75 Å². The van der Waals surface area contributed by atoms with Crippen molar-refractivity contribution in [1.82, 2.24) is 16.0 Å². The lowest BCUT2D eigenvalue weighted by Crippen LogP contribution is -2.57. The smallest absolute Gasteiger partial charge is 0.408 e. The van der Waals surface area contributed by atoms with E-state index in [1.165, 1.54) is 0 Å². The number of nitrogens with one attached hydrogen (secondary N) is 3. The van der Waals surface area contributed by atoms with E-state index in [0.717, 1.165) is 11.3 Å². The van der Waals surface area contributed by atoms with Gasteiger partial charge in [0.05, 0.1) is 19.3 Å². The van der Waals surface area contributed by atoms with E-state index in [0.29, 0.717) is 38.9 Å². The highest BCUT2D eigenvalue weighted by Crippen LogP contribution is 2.21. The van der Waals surface area contributed by atoms with Crippen LogP contribution in [0.25, 0.3) is 0 Å². The predicted octanol–water partition coefficient (Wildman–Crippen LogP) is 2.71. The molecule has 0 saturated carbocycles. The molecular formula is C26H39N3O6. The van der Waals surface area contributed by atoms with Crippen molar-refractivity contribution in [3.63, 3.8) is 0 Å². The number of fused-ring (bicyclic) bond motifs is 14. The SMILES string of the molecule is CC(C)[C@@H]1NC(=O)[C@@H](NC(=O)OC(C)(C)C)CCCCOc2ccc(cc2)C[C@@H]([C@H]2CO2)NC1=O. The van der Waals surface area contributed by atoms with E-state index in [4.69, 9.17) is 14.2 Å². The summed E-state index contributed by atoms with van der Waals surface area (Å²) in [6.45, 7) is 10.1. The molecule has 1 fully saturated rings. The van der Waals surface area contributed by atoms with Crippen molar-refractivity contribution in [3.8, 4) is 5.75 Å². The summed E-state index contributed by atoms with van der Waals surface area (Å²) in [5, 5.41) is 8.61. The first-order valence-electron chi connectivity index (χ1n) is 12.5. The van der Waals surface area contributed by atoms with Crippen molar-refractivity contribution < 1.29 is 28.6 Å². The number of alkyl carbamates (subject to hydrolysis) is 1. The molecule has 3 amide bonds. The number of amides is 3. The summed E-state index contributed by atoms with van der Waals surface area (Å²) in [5.41, 5.74) is 0.371. The van der Waals surface area contributed by atoms with E-state index in [1.807, 2.05) is 38.1 Å². The first-order valence-corrected chi connectivity index (χ1v) is 12.5. The van der Waals surface area contributed by atoms with Crippen LogP contribution in [0.3, 0.4) is 0 Å². The fourth-order valence-corrected chi connectivity index (χ4v) is 3.96. The molecule has 0 unspecified atom stereocenters. The van der Waals surface area contributed by atoms with Crippen molar-refractivity contribution in [2.75, 3.05) is 13.2 Å². The van der Waals surface area contributed by atoms with E-state index >= 15 is 0 Å². The van der Waals surface area contributed by atoms with Crippen LogP contribution >= 0.6 is 0 Å². The van der Waals surface area contributed by atoms with E-state index in [9.17, 15) is 14.4 Å². The summed E-state index contributed by atoms with van der Waals surface area (Å²) in [4.78, 5) is 38.9. The molecule has 1 aromatic carbocycles. The number of carbonyl (C=O) groups is 3. The highest BCUT2D eigenvalue weighted by atomic mass is 16.6. The van der Waals surface area contributed by atoms with Crippen LogP contribution in [0.1, 0.15) is 59.4 Å². The van der Waals surface area contributed by atoms with Gasteiger partial charge in [-0.2, -0.15) is 0 Å². The average molecular weight is 490 g/mol. The fourth-order valence-electron chi connectivity index (χ4n) is 3.96. The summed E-state index contributed by atoms with van der Waals surface area (Å²) in [7, 11) is 0. The number of carbonyl (C=O) groups excluding carboxylic acids is 3. The molecule has 2 bridgehead atoms. The molecule has 0 aliphatic carbocycles. The predicted molar refractivity (Wildman–Crippen MR) is 131 cm³/mol. The number of hydrogen-bond donors (Lipinski definition) is 3. The monoisotopic (exact) mass is 489 g/mol.